The number of carbonyl (C=O) groups excluding carboxylic acids is 1. The van der Waals surface area contributed by atoms with Gasteiger partial charge < -0.3 is 10.0 Å². The molecule has 2 heterocycles. The first-order valence-corrected chi connectivity index (χ1v) is 4.35. The summed E-state index contributed by atoms with van der Waals surface area (Å²) in [5.41, 5.74) is 0.186. The van der Waals surface area contributed by atoms with Crippen LogP contribution in [0.4, 0.5) is 0 Å². The van der Waals surface area contributed by atoms with E-state index in [0.717, 1.165) is 6.08 Å². The minimum absolute atomic E-state index is 0.186. The molecule has 0 fully saturated rings. The zero-order valence-electron chi connectivity index (χ0n) is 7.75. The van der Waals surface area contributed by atoms with Crippen LogP contribution in [0.5, 0.6) is 0 Å². The second-order valence-corrected chi connectivity index (χ2v) is 3.11. The lowest BCUT2D eigenvalue weighted by Crippen LogP contribution is -2.34. The molecule has 0 saturated carbocycles. The van der Waals surface area contributed by atoms with Crippen molar-refractivity contribution in [1.29, 1.82) is 0 Å². The minimum Gasteiger partial charge on any atom is -0.478 e. The highest BCUT2D eigenvalue weighted by atomic mass is 16.4. The Balaban J connectivity index is 2.33. The van der Waals surface area contributed by atoms with Crippen molar-refractivity contribution in [3.05, 3.63) is 36.1 Å². The zero-order valence-corrected chi connectivity index (χ0v) is 7.75. The monoisotopic (exact) mass is 204 g/mol. The van der Waals surface area contributed by atoms with Crippen LogP contribution >= 0.6 is 0 Å². The number of hydrogen-bond acceptors (Lipinski definition) is 3. The molecule has 0 atom stereocenters. The van der Waals surface area contributed by atoms with E-state index in [4.69, 9.17) is 5.11 Å². The molecular formula is C10H8N2O3. The Morgan fingerprint density at radius 1 is 1.53 bits per heavy atom. The number of nitrogens with zero attached hydrogens (tertiary/aromatic N) is 2. The fraction of sp³-hybridized carbons (Fsp3) is 0.100. The van der Waals surface area contributed by atoms with Crippen LogP contribution in [0.15, 0.2) is 41.1 Å². The molecule has 0 unspecified atom stereocenters. The summed E-state index contributed by atoms with van der Waals surface area (Å²) in [7, 11) is 0. The molecule has 0 aromatic rings. The second-order valence-electron chi connectivity index (χ2n) is 3.11. The number of rotatable bonds is 1. The molecule has 5 heteroatoms. The van der Waals surface area contributed by atoms with Gasteiger partial charge in [-0.3, -0.25) is 4.79 Å². The van der Waals surface area contributed by atoms with Gasteiger partial charge in [0.1, 0.15) is 5.84 Å². The number of hydrogen-bond donors (Lipinski definition) is 1. The van der Waals surface area contributed by atoms with Crippen molar-refractivity contribution < 1.29 is 14.7 Å². The van der Waals surface area contributed by atoms with Gasteiger partial charge in [-0.25, -0.2) is 4.79 Å². The second kappa shape index (κ2) is 3.53. The molecular weight excluding hydrogens is 196 g/mol. The number of fused-ring (bicyclic) bond motifs is 1. The summed E-state index contributed by atoms with van der Waals surface area (Å²) in [6, 6.07) is 0. The number of carboxylic acids is 1. The molecule has 0 radical (unpaired) electrons. The first kappa shape index (κ1) is 9.39. The number of aliphatic imine (C=N–C) groups is 1. The molecule has 0 aliphatic carbocycles. The molecule has 1 N–H and O–H groups in total. The Kier molecular flexibility index (Phi) is 2.21. The van der Waals surface area contributed by atoms with Crippen LogP contribution in [0.1, 0.15) is 0 Å². The molecule has 0 aromatic carbocycles. The number of amidine groups is 1. The fourth-order valence-corrected chi connectivity index (χ4v) is 1.39. The normalized spacial score (nSPS) is 21.6. The van der Waals surface area contributed by atoms with Crippen LogP contribution in [0.3, 0.4) is 0 Å². The Morgan fingerprint density at radius 3 is 3.07 bits per heavy atom. The average molecular weight is 204 g/mol. The van der Waals surface area contributed by atoms with Gasteiger partial charge in [0, 0.05) is 17.8 Å². The summed E-state index contributed by atoms with van der Waals surface area (Å²) >= 11 is 0. The Hall–Kier alpha value is -2.17. The lowest BCUT2D eigenvalue weighted by molar-refractivity contribution is -0.131. The first-order valence-electron chi connectivity index (χ1n) is 4.35. The fourth-order valence-electron chi connectivity index (χ4n) is 1.39. The van der Waals surface area contributed by atoms with Gasteiger partial charge in [0.2, 0.25) is 0 Å². The first-order chi connectivity index (χ1) is 7.16. The molecule has 1 amide bonds. The summed E-state index contributed by atoms with van der Waals surface area (Å²) in [5.74, 6) is -1.07. The van der Waals surface area contributed by atoms with Gasteiger partial charge in [-0.05, 0) is 12.2 Å². The molecule has 15 heavy (non-hydrogen) atoms. The average Bonchev–Trinajstić information content (AvgIpc) is 2.18. The van der Waals surface area contributed by atoms with Crippen molar-refractivity contribution in [2.24, 2.45) is 4.99 Å². The van der Waals surface area contributed by atoms with E-state index in [1.807, 2.05) is 0 Å². The van der Waals surface area contributed by atoms with Crippen molar-refractivity contribution in [2.45, 2.75) is 0 Å². The van der Waals surface area contributed by atoms with Crippen LogP contribution < -0.4 is 0 Å². The van der Waals surface area contributed by atoms with Crippen molar-refractivity contribution in [2.75, 3.05) is 6.54 Å². The van der Waals surface area contributed by atoms with Crippen LogP contribution in [-0.4, -0.2) is 34.3 Å². The van der Waals surface area contributed by atoms with E-state index in [-0.39, 0.29) is 12.1 Å². The molecule has 2 aliphatic heterocycles. The van der Waals surface area contributed by atoms with E-state index >= 15 is 0 Å². The van der Waals surface area contributed by atoms with E-state index in [2.05, 4.69) is 4.99 Å². The summed E-state index contributed by atoms with van der Waals surface area (Å²) in [4.78, 5) is 27.3. The van der Waals surface area contributed by atoms with E-state index in [9.17, 15) is 9.59 Å². The van der Waals surface area contributed by atoms with Crippen LogP contribution in [0.25, 0.3) is 0 Å². The molecule has 2 aliphatic rings. The predicted molar refractivity (Wildman–Crippen MR) is 53.1 cm³/mol. The molecule has 76 valence electrons. The number of allylic oxidation sites excluding steroid dienone is 2. The third-order valence-corrected chi connectivity index (χ3v) is 2.05. The van der Waals surface area contributed by atoms with Gasteiger partial charge in [-0.1, -0.05) is 6.08 Å². The highest BCUT2D eigenvalue weighted by Crippen LogP contribution is 2.14. The third kappa shape index (κ3) is 1.85. The van der Waals surface area contributed by atoms with Gasteiger partial charge in [-0.15, -0.1) is 0 Å². The van der Waals surface area contributed by atoms with Gasteiger partial charge >= 0.3 is 5.97 Å². The highest BCUT2D eigenvalue weighted by Gasteiger charge is 2.22. The third-order valence-electron chi connectivity index (χ3n) is 2.05. The maximum atomic E-state index is 11.4. The van der Waals surface area contributed by atoms with E-state index in [1.54, 1.807) is 29.3 Å². The van der Waals surface area contributed by atoms with Crippen molar-refractivity contribution in [3.8, 4) is 0 Å². The quantitative estimate of drug-likeness (QED) is 0.624. The summed E-state index contributed by atoms with van der Waals surface area (Å²) < 4.78 is 0. The number of aliphatic carboxylic acids is 1. The van der Waals surface area contributed by atoms with Gasteiger partial charge in [0.15, 0.2) is 0 Å². The summed E-state index contributed by atoms with van der Waals surface area (Å²) in [5, 5.41) is 8.55. The topological polar surface area (TPSA) is 70.0 Å². The lowest BCUT2D eigenvalue weighted by Gasteiger charge is -2.26. The lowest BCUT2D eigenvalue weighted by atomic mass is 10.1. The Labute approximate surface area is 85.7 Å². The van der Waals surface area contributed by atoms with Gasteiger partial charge in [0.05, 0.1) is 6.54 Å². The van der Waals surface area contributed by atoms with Crippen molar-refractivity contribution in [1.82, 2.24) is 4.90 Å². The van der Waals surface area contributed by atoms with Crippen molar-refractivity contribution in [3.63, 3.8) is 0 Å². The van der Waals surface area contributed by atoms with Gasteiger partial charge in [0.25, 0.3) is 5.91 Å². The number of carboxylic acid groups (broad SMARTS) is 1. The minimum atomic E-state index is -1.13. The van der Waals surface area contributed by atoms with Gasteiger partial charge in [-0.2, -0.15) is 4.99 Å². The van der Waals surface area contributed by atoms with E-state index in [1.165, 1.54) is 0 Å². The number of amides is 1. The standard InChI is InChI=1S/C10H8N2O3/c13-9(14)5-7-6-12-4-2-1-3-8(12)11-10(7)15/h1-5H,6H2,(H,13,14)/b7-5-. The Morgan fingerprint density at radius 2 is 2.33 bits per heavy atom. The van der Waals surface area contributed by atoms with Crippen LogP contribution in [0, 0.1) is 0 Å². The molecule has 0 aromatic heterocycles. The molecule has 0 bridgehead atoms. The van der Waals surface area contributed by atoms with Crippen LogP contribution in [-0.2, 0) is 9.59 Å². The van der Waals surface area contributed by atoms with E-state index in [0.29, 0.717) is 5.84 Å². The SMILES string of the molecule is O=C(O)/C=C1/CN2C=CC=CC2=NC1=O. The predicted octanol–water partition coefficient (Wildman–Crippen LogP) is 0.322. The largest absolute Gasteiger partial charge is 0.478 e. The Bertz CT molecular complexity index is 444. The van der Waals surface area contributed by atoms with E-state index < -0.39 is 11.9 Å². The van der Waals surface area contributed by atoms with Crippen molar-refractivity contribution >= 4 is 17.7 Å². The molecule has 0 spiro atoms. The maximum Gasteiger partial charge on any atom is 0.328 e. The molecule has 5 nitrogen and oxygen atoms in total. The summed E-state index contributed by atoms with van der Waals surface area (Å²) in [6.45, 7) is 0.255. The molecule has 2 rings (SSSR count). The zero-order chi connectivity index (χ0) is 10.8. The van der Waals surface area contributed by atoms with Crippen LogP contribution in [0.2, 0.25) is 0 Å². The number of carbonyl (C=O) groups is 2. The summed E-state index contributed by atoms with van der Waals surface area (Å²) in [6.07, 6.45) is 7.92. The molecule has 0 saturated heterocycles. The maximum absolute atomic E-state index is 11.4. The smallest absolute Gasteiger partial charge is 0.328 e. The highest BCUT2D eigenvalue weighted by molar-refractivity contribution is 6.11.